The van der Waals surface area contributed by atoms with E-state index in [1.165, 1.54) is 12.5 Å². The van der Waals surface area contributed by atoms with Crippen LogP contribution in [0.5, 0.6) is 0 Å². The minimum absolute atomic E-state index is 0.0261. The molecule has 0 N–H and O–H groups in total. The first-order valence-corrected chi connectivity index (χ1v) is 10.6. The van der Waals surface area contributed by atoms with Gasteiger partial charge in [-0.1, -0.05) is 24.3 Å². The lowest BCUT2D eigenvalue weighted by atomic mass is 10.1. The molecule has 1 aromatic carbocycles. The predicted molar refractivity (Wildman–Crippen MR) is 116 cm³/mol. The predicted octanol–water partition coefficient (Wildman–Crippen LogP) is 4.15. The number of hydrogen-bond acceptors (Lipinski definition) is 5. The lowest BCUT2D eigenvalue weighted by molar-refractivity contribution is 0.0536. The summed E-state index contributed by atoms with van der Waals surface area (Å²) in [6.07, 6.45) is 2.95. The van der Waals surface area contributed by atoms with E-state index in [4.69, 9.17) is 9.40 Å². The molecule has 0 spiro atoms. The van der Waals surface area contributed by atoms with Crippen molar-refractivity contribution in [3.05, 3.63) is 77.6 Å². The number of carbonyl (C=O) groups is 2. The van der Waals surface area contributed by atoms with Crippen LogP contribution in [0.4, 0.5) is 0 Å². The van der Waals surface area contributed by atoms with Crippen LogP contribution in [0.15, 0.2) is 70.9 Å². The summed E-state index contributed by atoms with van der Waals surface area (Å²) in [6.45, 7) is 1.98. The molecule has 0 saturated carbocycles. The average molecular weight is 417 g/mol. The van der Waals surface area contributed by atoms with Crippen molar-refractivity contribution in [2.24, 2.45) is 0 Å². The van der Waals surface area contributed by atoms with Gasteiger partial charge in [-0.05, 0) is 29.6 Å². The molecule has 1 saturated heterocycles. The first kappa shape index (κ1) is 18.6. The summed E-state index contributed by atoms with van der Waals surface area (Å²) in [5, 5.41) is 2.85. The van der Waals surface area contributed by atoms with Gasteiger partial charge in [0.2, 0.25) is 0 Å². The standard InChI is InChI=1S/C23H19N3O3S/c27-22(16-7-12-29-15-16)25-8-10-26(11-9-25)23(28)18-14-20(21-6-3-13-30-21)24-19-5-2-1-4-17(18)19/h1-7,12-15H,8-11H2. The molecule has 30 heavy (non-hydrogen) atoms. The van der Waals surface area contributed by atoms with E-state index >= 15 is 0 Å². The fraction of sp³-hybridized carbons (Fsp3) is 0.174. The smallest absolute Gasteiger partial charge is 0.257 e. The molecule has 5 rings (SSSR count). The minimum Gasteiger partial charge on any atom is -0.472 e. The summed E-state index contributed by atoms with van der Waals surface area (Å²) >= 11 is 1.60. The molecular weight excluding hydrogens is 398 g/mol. The number of thiophene rings is 1. The highest BCUT2D eigenvalue weighted by Gasteiger charge is 2.27. The maximum absolute atomic E-state index is 13.4. The Hall–Kier alpha value is -3.45. The highest BCUT2D eigenvalue weighted by Crippen LogP contribution is 2.28. The first-order chi connectivity index (χ1) is 14.7. The number of aromatic nitrogens is 1. The van der Waals surface area contributed by atoms with Crippen LogP contribution in [0.2, 0.25) is 0 Å². The van der Waals surface area contributed by atoms with Crippen LogP contribution in [-0.2, 0) is 0 Å². The number of nitrogens with zero attached hydrogens (tertiary/aromatic N) is 3. The van der Waals surface area contributed by atoms with Crippen molar-refractivity contribution in [2.75, 3.05) is 26.2 Å². The fourth-order valence-electron chi connectivity index (χ4n) is 3.75. The number of rotatable bonds is 3. The van der Waals surface area contributed by atoms with E-state index in [9.17, 15) is 9.59 Å². The van der Waals surface area contributed by atoms with E-state index < -0.39 is 0 Å². The molecule has 1 aliphatic heterocycles. The third kappa shape index (κ3) is 3.37. The van der Waals surface area contributed by atoms with Crippen molar-refractivity contribution in [1.82, 2.24) is 14.8 Å². The third-order valence-electron chi connectivity index (χ3n) is 5.34. The van der Waals surface area contributed by atoms with Gasteiger partial charge in [-0.25, -0.2) is 4.98 Å². The van der Waals surface area contributed by atoms with Gasteiger partial charge in [0.25, 0.3) is 11.8 Å². The quantitative estimate of drug-likeness (QED) is 0.502. The molecule has 1 aliphatic rings. The van der Waals surface area contributed by atoms with Crippen LogP contribution >= 0.6 is 11.3 Å². The monoisotopic (exact) mass is 417 g/mol. The van der Waals surface area contributed by atoms with Crippen molar-refractivity contribution < 1.29 is 14.0 Å². The number of fused-ring (bicyclic) bond motifs is 1. The number of carbonyl (C=O) groups excluding carboxylic acids is 2. The molecule has 4 heterocycles. The van der Waals surface area contributed by atoms with Crippen molar-refractivity contribution >= 4 is 34.1 Å². The summed E-state index contributed by atoms with van der Waals surface area (Å²) in [7, 11) is 0. The number of benzene rings is 1. The van der Waals surface area contributed by atoms with E-state index in [0.717, 1.165) is 21.5 Å². The van der Waals surface area contributed by atoms with Gasteiger partial charge in [0, 0.05) is 31.6 Å². The van der Waals surface area contributed by atoms with Gasteiger partial charge in [0.15, 0.2) is 0 Å². The molecule has 0 radical (unpaired) electrons. The Morgan fingerprint density at radius 2 is 1.70 bits per heavy atom. The first-order valence-electron chi connectivity index (χ1n) is 9.75. The second-order valence-corrected chi connectivity index (χ2v) is 8.09. The van der Waals surface area contributed by atoms with Crippen LogP contribution in [0.25, 0.3) is 21.5 Å². The van der Waals surface area contributed by atoms with Crippen LogP contribution in [0, 0.1) is 0 Å². The molecule has 6 nitrogen and oxygen atoms in total. The molecule has 2 amide bonds. The summed E-state index contributed by atoms with van der Waals surface area (Å²) in [6, 6.07) is 15.3. The lowest BCUT2D eigenvalue weighted by Crippen LogP contribution is -2.50. The van der Waals surface area contributed by atoms with Gasteiger partial charge in [-0.2, -0.15) is 0 Å². The normalized spacial score (nSPS) is 14.3. The Bertz CT molecular complexity index is 1190. The number of pyridine rings is 1. The zero-order chi connectivity index (χ0) is 20.5. The van der Waals surface area contributed by atoms with Gasteiger partial charge < -0.3 is 14.2 Å². The van der Waals surface area contributed by atoms with Gasteiger partial charge in [0.1, 0.15) is 6.26 Å². The second-order valence-electron chi connectivity index (χ2n) is 7.15. The molecule has 0 aliphatic carbocycles. The minimum atomic E-state index is -0.0646. The van der Waals surface area contributed by atoms with Crippen molar-refractivity contribution in [3.8, 4) is 10.6 Å². The summed E-state index contributed by atoms with van der Waals surface area (Å²) in [4.78, 5) is 35.3. The van der Waals surface area contributed by atoms with E-state index in [2.05, 4.69) is 0 Å². The van der Waals surface area contributed by atoms with E-state index in [1.54, 1.807) is 22.3 Å². The molecular formula is C23H19N3O3S. The maximum atomic E-state index is 13.4. The zero-order valence-electron chi connectivity index (χ0n) is 16.2. The molecule has 7 heteroatoms. The summed E-state index contributed by atoms with van der Waals surface area (Å²) < 4.78 is 5.01. The van der Waals surface area contributed by atoms with E-state index in [0.29, 0.717) is 37.3 Å². The van der Waals surface area contributed by atoms with Crippen molar-refractivity contribution in [3.63, 3.8) is 0 Å². The molecule has 0 unspecified atom stereocenters. The Morgan fingerprint density at radius 3 is 2.40 bits per heavy atom. The Balaban J connectivity index is 1.41. The van der Waals surface area contributed by atoms with Crippen LogP contribution in [0.3, 0.4) is 0 Å². The molecule has 0 atom stereocenters. The number of piperazine rings is 1. The lowest BCUT2D eigenvalue weighted by Gasteiger charge is -2.34. The SMILES string of the molecule is O=C(c1ccoc1)N1CCN(C(=O)c2cc(-c3cccs3)nc3ccccc23)CC1. The highest BCUT2D eigenvalue weighted by atomic mass is 32.1. The number of hydrogen-bond donors (Lipinski definition) is 0. The van der Waals surface area contributed by atoms with E-state index in [1.807, 2.05) is 52.7 Å². The van der Waals surface area contributed by atoms with Crippen LogP contribution in [-0.4, -0.2) is 52.8 Å². The summed E-state index contributed by atoms with van der Waals surface area (Å²) in [5.74, 6) is -0.0907. The zero-order valence-corrected chi connectivity index (χ0v) is 17.0. The van der Waals surface area contributed by atoms with Gasteiger partial charge in [0.05, 0.1) is 33.5 Å². The molecule has 3 aromatic heterocycles. The number of furan rings is 1. The second kappa shape index (κ2) is 7.76. The fourth-order valence-corrected chi connectivity index (χ4v) is 4.44. The largest absolute Gasteiger partial charge is 0.472 e. The average Bonchev–Trinajstić information content (AvgIpc) is 3.52. The molecule has 0 bridgehead atoms. The topological polar surface area (TPSA) is 66.7 Å². The number of para-hydroxylation sites is 1. The Morgan fingerprint density at radius 1 is 0.933 bits per heavy atom. The van der Waals surface area contributed by atoms with Gasteiger partial charge in [-0.3, -0.25) is 9.59 Å². The molecule has 150 valence electrons. The van der Waals surface area contributed by atoms with Crippen molar-refractivity contribution in [2.45, 2.75) is 0 Å². The van der Waals surface area contributed by atoms with E-state index in [-0.39, 0.29) is 11.8 Å². The Kier molecular flexibility index (Phi) is 4.80. The Labute approximate surface area is 177 Å². The van der Waals surface area contributed by atoms with Crippen LogP contribution < -0.4 is 0 Å². The van der Waals surface area contributed by atoms with Gasteiger partial charge >= 0.3 is 0 Å². The molecule has 1 fully saturated rings. The van der Waals surface area contributed by atoms with Crippen LogP contribution in [0.1, 0.15) is 20.7 Å². The highest BCUT2D eigenvalue weighted by molar-refractivity contribution is 7.13. The number of amides is 2. The maximum Gasteiger partial charge on any atom is 0.257 e. The third-order valence-corrected chi connectivity index (χ3v) is 6.23. The van der Waals surface area contributed by atoms with Crippen molar-refractivity contribution in [1.29, 1.82) is 0 Å². The summed E-state index contributed by atoms with van der Waals surface area (Å²) in [5.41, 5.74) is 2.80. The molecule has 4 aromatic rings. The van der Waals surface area contributed by atoms with Gasteiger partial charge in [-0.15, -0.1) is 11.3 Å².